The minimum atomic E-state index is -0.553. The molecule has 0 aliphatic heterocycles. The summed E-state index contributed by atoms with van der Waals surface area (Å²) in [7, 11) is 2.87. The van der Waals surface area contributed by atoms with Crippen molar-refractivity contribution in [2.75, 3.05) is 5.32 Å². The summed E-state index contributed by atoms with van der Waals surface area (Å²) in [5.41, 5.74) is 0.366. The Labute approximate surface area is 126 Å². The van der Waals surface area contributed by atoms with Crippen LogP contribution in [0.5, 0.6) is 0 Å². The highest BCUT2D eigenvalue weighted by atomic mass is 16.5. The molecular formula is C14H18N4O4. The Hall–Kier alpha value is -2.64. The van der Waals surface area contributed by atoms with E-state index in [1.165, 1.54) is 24.9 Å². The summed E-state index contributed by atoms with van der Waals surface area (Å²) in [6.45, 7) is 5.18. The van der Waals surface area contributed by atoms with E-state index in [0.29, 0.717) is 17.0 Å². The largest absolute Gasteiger partial charge is 0.361 e. The minimum absolute atomic E-state index is 0.0493. The zero-order valence-electron chi connectivity index (χ0n) is 13.1. The van der Waals surface area contributed by atoms with Crippen molar-refractivity contribution in [1.29, 1.82) is 0 Å². The number of nitrogens with one attached hydrogen (secondary N) is 1. The van der Waals surface area contributed by atoms with E-state index in [1.807, 2.05) is 0 Å². The smallest absolute Gasteiger partial charge is 0.330 e. The van der Waals surface area contributed by atoms with Gasteiger partial charge in [-0.2, -0.15) is 0 Å². The monoisotopic (exact) mass is 306 g/mol. The summed E-state index contributed by atoms with van der Waals surface area (Å²) >= 11 is 0. The number of nitrogens with zero attached hydrogens (tertiary/aromatic N) is 3. The third kappa shape index (κ3) is 2.59. The topological polar surface area (TPSA) is 99.1 Å². The summed E-state index contributed by atoms with van der Waals surface area (Å²) in [5.74, 6) is -0.341. The van der Waals surface area contributed by atoms with Gasteiger partial charge in [-0.15, -0.1) is 0 Å². The van der Waals surface area contributed by atoms with Crippen LogP contribution in [0.1, 0.15) is 29.9 Å². The van der Waals surface area contributed by atoms with E-state index in [0.717, 1.165) is 4.57 Å². The maximum absolute atomic E-state index is 12.4. The number of amides is 1. The van der Waals surface area contributed by atoms with Gasteiger partial charge in [-0.3, -0.25) is 14.2 Å². The van der Waals surface area contributed by atoms with Crippen molar-refractivity contribution in [2.45, 2.75) is 26.7 Å². The van der Waals surface area contributed by atoms with Gasteiger partial charge in [0, 0.05) is 25.9 Å². The number of hydrogen-bond acceptors (Lipinski definition) is 5. The van der Waals surface area contributed by atoms with Gasteiger partial charge in [-0.1, -0.05) is 5.16 Å². The summed E-state index contributed by atoms with van der Waals surface area (Å²) in [4.78, 5) is 36.0. The SMILES string of the molecule is Cc1noc(C)c1C(C)C(=O)Nc1cn(C)c(=O)n(C)c1=O. The summed E-state index contributed by atoms with van der Waals surface area (Å²) in [5, 5.41) is 6.38. The molecule has 118 valence electrons. The molecule has 8 nitrogen and oxygen atoms in total. The Kier molecular flexibility index (Phi) is 4.03. The molecule has 0 aromatic carbocycles. The first-order chi connectivity index (χ1) is 10.2. The quantitative estimate of drug-likeness (QED) is 0.886. The van der Waals surface area contributed by atoms with Gasteiger partial charge in [-0.05, 0) is 20.8 Å². The highest BCUT2D eigenvalue weighted by Gasteiger charge is 2.24. The fourth-order valence-corrected chi connectivity index (χ4v) is 2.37. The predicted molar refractivity (Wildman–Crippen MR) is 79.9 cm³/mol. The molecule has 1 N–H and O–H groups in total. The van der Waals surface area contributed by atoms with Crippen LogP contribution in [0.2, 0.25) is 0 Å². The zero-order chi connectivity index (χ0) is 16.6. The van der Waals surface area contributed by atoms with Gasteiger partial charge in [0.25, 0.3) is 5.56 Å². The minimum Gasteiger partial charge on any atom is -0.361 e. The predicted octanol–water partition coefficient (Wildman–Crippen LogP) is 0.431. The second-order valence-corrected chi connectivity index (χ2v) is 5.25. The third-order valence-electron chi connectivity index (χ3n) is 3.62. The van der Waals surface area contributed by atoms with E-state index >= 15 is 0 Å². The Balaban J connectivity index is 2.34. The van der Waals surface area contributed by atoms with Crippen molar-refractivity contribution >= 4 is 11.6 Å². The standard InChI is InChI=1S/C14H18N4O4/c1-7(11-8(2)16-22-9(11)3)12(19)15-10-6-17(4)14(21)18(5)13(10)20/h6-7H,1-5H3,(H,15,19). The van der Waals surface area contributed by atoms with Gasteiger partial charge >= 0.3 is 5.69 Å². The maximum Gasteiger partial charge on any atom is 0.330 e. The van der Waals surface area contributed by atoms with E-state index < -0.39 is 17.2 Å². The highest BCUT2D eigenvalue weighted by Crippen LogP contribution is 2.23. The molecule has 0 aliphatic carbocycles. The molecule has 0 aliphatic rings. The Morgan fingerprint density at radius 1 is 1.32 bits per heavy atom. The van der Waals surface area contributed by atoms with Crippen molar-refractivity contribution in [3.63, 3.8) is 0 Å². The van der Waals surface area contributed by atoms with Crippen LogP contribution in [0.3, 0.4) is 0 Å². The molecule has 8 heteroatoms. The molecule has 2 aromatic heterocycles. The molecule has 2 aromatic rings. The average Bonchev–Trinajstić information content (AvgIpc) is 2.80. The third-order valence-corrected chi connectivity index (χ3v) is 3.62. The van der Waals surface area contributed by atoms with Crippen molar-refractivity contribution in [3.05, 3.63) is 44.1 Å². The van der Waals surface area contributed by atoms with Crippen molar-refractivity contribution in [3.8, 4) is 0 Å². The number of carbonyl (C=O) groups excluding carboxylic acids is 1. The fraction of sp³-hybridized carbons (Fsp3) is 0.429. The molecule has 0 saturated carbocycles. The lowest BCUT2D eigenvalue weighted by atomic mass is 9.99. The molecule has 0 radical (unpaired) electrons. The first-order valence-electron chi connectivity index (χ1n) is 6.74. The molecule has 2 heterocycles. The van der Waals surface area contributed by atoms with E-state index in [4.69, 9.17) is 4.52 Å². The molecule has 1 unspecified atom stereocenters. The average molecular weight is 306 g/mol. The van der Waals surface area contributed by atoms with E-state index in [2.05, 4.69) is 10.5 Å². The lowest BCUT2D eigenvalue weighted by Gasteiger charge is -2.13. The maximum atomic E-state index is 12.4. The summed E-state index contributed by atoms with van der Waals surface area (Å²) in [6.07, 6.45) is 1.31. The van der Waals surface area contributed by atoms with Crippen LogP contribution in [0.25, 0.3) is 0 Å². The molecule has 1 amide bonds. The molecule has 22 heavy (non-hydrogen) atoms. The van der Waals surface area contributed by atoms with Gasteiger partial charge in [0.2, 0.25) is 5.91 Å². The molecular weight excluding hydrogens is 288 g/mol. The van der Waals surface area contributed by atoms with E-state index in [1.54, 1.807) is 20.8 Å². The van der Waals surface area contributed by atoms with Crippen LogP contribution in [0, 0.1) is 13.8 Å². The number of carbonyl (C=O) groups is 1. The van der Waals surface area contributed by atoms with Gasteiger partial charge in [0.15, 0.2) is 0 Å². The second-order valence-electron chi connectivity index (χ2n) is 5.25. The van der Waals surface area contributed by atoms with Gasteiger partial charge in [0.1, 0.15) is 11.4 Å². The Morgan fingerprint density at radius 3 is 2.50 bits per heavy atom. The van der Waals surface area contributed by atoms with Crippen LogP contribution < -0.4 is 16.6 Å². The molecule has 0 bridgehead atoms. The van der Waals surface area contributed by atoms with E-state index in [9.17, 15) is 14.4 Å². The lowest BCUT2D eigenvalue weighted by molar-refractivity contribution is -0.117. The molecule has 0 saturated heterocycles. The first-order valence-corrected chi connectivity index (χ1v) is 6.74. The zero-order valence-corrected chi connectivity index (χ0v) is 13.1. The van der Waals surface area contributed by atoms with Gasteiger partial charge < -0.3 is 14.4 Å². The summed E-state index contributed by atoms with van der Waals surface area (Å²) in [6, 6.07) is 0. The van der Waals surface area contributed by atoms with Crippen molar-refractivity contribution in [1.82, 2.24) is 14.3 Å². The number of rotatable bonds is 3. The first kappa shape index (κ1) is 15.7. The number of anilines is 1. The molecule has 0 spiro atoms. The Bertz CT molecular complexity index is 824. The normalized spacial score (nSPS) is 12.2. The fourth-order valence-electron chi connectivity index (χ4n) is 2.37. The second kappa shape index (κ2) is 5.63. The number of hydrogen-bond donors (Lipinski definition) is 1. The van der Waals surface area contributed by atoms with Crippen LogP contribution >= 0.6 is 0 Å². The van der Waals surface area contributed by atoms with Gasteiger partial charge in [0.05, 0.1) is 11.6 Å². The molecule has 0 fully saturated rings. The number of aromatic nitrogens is 3. The van der Waals surface area contributed by atoms with Crippen molar-refractivity contribution in [2.24, 2.45) is 14.1 Å². The van der Waals surface area contributed by atoms with Crippen LogP contribution in [-0.4, -0.2) is 20.2 Å². The van der Waals surface area contributed by atoms with Crippen LogP contribution in [-0.2, 0) is 18.9 Å². The van der Waals surface area contributed by atoms with Crippen LogP contribution in [0.4, 0.5) is 5.69 Å². The van der Waals surface area contributed by atoms with E-state index in [-0.39, 0.29) is 11.6 Å². The lowest BCUT2D eigenvalue weighted by Crippen LogP contribution is -2.38. The van der Waals surface area contributed by atoms with Crippen molar-refractivity contribution < 1.29 is 9.32 Å². The summed E-state index contributed by atoms with van der Waals surface area (Å²) < 4.78 is 7.23. The number of aryl methyl sites for hydroxylation is 3. The molecule has 1 atom stereocenters. The Morgan fingerprint density at radius 2 is 1.95 bits per heavy atom. The van der Waals surface area contributed by atoms with Gasteiger partial charge in [-0.25, -0.2) is 4.79 Å². The molecule has 2 rings (SSSR count). The van der Waals surface area contributed by atoms with Crippen LogP contribution in [0.15, 0.2) is 20.3 Å². The highest BCUT2D eigenvalue weighted by molar-refractivity contribution is 5.95.